The van der Waals surface area contributed by atoms with Crippen LogP contribution in [0.4, 0.5) is 5.69 Å². The number of hydrogen-bond donors (Lipinski definition) is 2. The fraction of sp³-hybridized carbons (Fsp3) is 0.286. The number of carbonyl (C=O) groups excluding carboxylic acids is 4. The fourth-order valence-electron chi connectivity index (χ4n) is 3.68. The van der Waals surface area contributed by atoms with Gasteiger partial charge in [-0.25, -0.2) is 0 Å². The molecular formula is C21H19N3O5. The Bertz CT molecular complexity index is 1130. The van der Waals surface area contributed by atoms with E-state index in [2.05, 4.69) is 15.8 Å². The first-order valence-electron chi connectivity index (χ1n) is 9.46. The van der Waals surface area contributed by atoms with E-state index in [-0.39, 0.29) is 30.6 Å². The molecule has 3 aromatic rings. The second kappa shape index (κ2) is 7.83. The normalized spacial score (nSPS) is 16.8. The van der Waals surface area contributed by atoms with Crippen LogP contribution in [0, 0.1) is 0 Å². The Hall–Kier alpha value is -3.55. The van der Waals surface area contributed by atoms with Crippen LogP contribution < -0.4 is 10.6 Å². The summed E-state index contributed by atoms with van der Waals surface area (Å²) in [6, 6.07) is 9.07. The fourth-order valence-corrected chi connectivity index (χ4v) is 3.68. The van der Waals surface area contributed by atoms with Crippen LogP contribution in [0.1, 0.15) is 43.7 Å². The van der Waals surface area contributed by atoms with Crippen LogP contribution in [0.25, 0.3) is 21.7 Å². The summed E-state index contributed by atoms with van der Waals surface area (Å²) in [6.07, 6.45) is 2.51. The first-order valence-corrected chi connectivity index (χ1v) is 9.46. The lowest BCUT2D eigenvalue weighted by molar-refractivity contribution is -0.134. The number of fused-ring (bicyclic) bond motifs is 3. The monoisotopic (exact) mass is 393 g/mol. The molecule has 1 atom stereocenters. The molecule has 8 nitrogen and oxygen atoms in total. The smallest absolute Gasteiger partial charge is 0.235 e. The van der Waals surface area contributed by atoms with Gasteiger partial charge in [0, 0.05) is 30.3 Å². The van der Waals surface area contributed by atoms with Crippen molar-refractivity contribution in [1.29, 1.82) is 0 Å². The maximum atomic E-state index is 12.3. The maximum Gasteiger partial charge on any atom is 0.235 e. The third-order valence-electron chi connectivity index (χ3n) is 5.09. The highest BCUT2D eigenvalue weighted by molar-refractivity contribution is 6.14. The number of aldehydes is 1. The minimum Gasteiger partial charge on any atom is -0.356 e. The largest absolute Gasteiger partial charge is 0.356 e. The molecular weight excluding hydrogens is 374 g/mol. The molecule has 29 heavy (non-hydrogen) atoms. The molecule has 1 saturated heterocycles. The molecule has 2 heterocycles. The molecule has 1 aliphatic heterocycles. The summed E-state index contributed by atoms with van der Waals surface area (Å²) in [7, 11) is 0. The van der Waals surface area contributed by atoms with E-state index in [0.717, 1.165) is 17.1 Å². The molecule has 2 aromatic carbocycles. The Labute approximate surface area is 165 Å². The Morgan fingerprint density at radius 2 is 2.10 bits per heavy atom. The van der Waals surface area contributed by atoms with Gasteiger partial charge in [0.1, 0.15) is 12.0 Å². The third kappa shape index (κ3) is 3.61. The van der Waals surface area contributed by atoms with Crippen molar-refractivity contribution in [1.82, 2.24) is 10.5 Å². The van der Waals surface area contributed by atoms with Gasteiger partial charge in [-0.05, 0) is 36.4 Å². The zero-order valence-corrected chi connectivity index (χ0v) is 15.6. The van der Waals surface area contributed by atoms with Crippen LogP contribution >= 0.6 is 0 Å². The van der Waals surface area contributed by atoms with E-state index < -0.39 is 5.92 Å². The van der Waals surface area contributed by atoms with E-state index in [1.165, 1.54) is 0 Å². The van der Waals surface area contributed by atoms with Gasteiger partial charge in [-0.3, -0.25) is 19.7 Å². The Morgan fingerprint density at radius 3 is 2.90 bits per heavy atom. The van der Waals surface area contributed by atoms with Crippen molar-refractivity contribution in [3.63, 3.8) is 0 Å². The molecule has 0 spiro atoms. The molecule has 1 fully saturated rings. The van der Waals surface area contributed by atoms with Crippen LogP contribution in [-0.4, -0.2) is 29.2 Å². The van der Waals surface area contributed by atoms with E-state index in [4.69, 9.17) is 4.52 Å². The van der Waals surface area contributed by atoms with Crippen molar-refractivity contribution in [3.8, 4) is 0 Å². The van der Waals surface area contributed by atoms with Crippen molar-refractivity contribution in [2.24, 2.45) is 0 Å². The lowest BCUT2D eigenvalue weighted by Gasteiger charge is -2.19. The van der Waals surface area contributed by atoms with Crippen molar-refractivity contribution >= 4 is 51.4 Å². The molecule has 8 heteroatoms. The molecule has 0 aliphatic carbocycles. The van der Waals surface area contributed by atoms with Crippen LogP contribution in [0.2, 0.25) is 0 Å². The van der Waals surface area contributed by atoms with E-state index in [0.29, 0.717) is 41.6 Å². The van der Waals surface area contributed by atoms with E-state index in [1.54, 1.807) is 12.1 Å². The van der Waals surface area contributed by atoms with Gasteiger partial charge in [0.05, 0.1) is 11.3 Å². The van der Waals surface area contributed by atoms with E-state index in [1.807, 2.05) is 18.2 Å². The number of imide groups is 1. The van der Waals surface area contributed by atoms with E-state index >= 15 is 0 Å². The average molecular weight is 393 g/mol. The zero-order chi connectivity index (χ0) is 20.4. The molecule has 3 amide bonds. The number of aromatic nitrogens is 1. The number of hydrogen-bond acceptors (Lipinski definition) is 6. The standard InChI is InChI=1S/C21H19N3O5/c25-11-2-1-6-17(26)22-15-5-3-4-13-12(15)7-9-16-19(13)20(24-29-16)14-8-10-18(27)23-21(14)28/h3-5,7,9,11,14H,1-2,6,8,10H2,(H,22,26)(H,23,27,28). The SMILES string of the molecule is O=CCCCC(=O)Nc1cccc2c1ccc1onc(C3CCC(=O)NC3=O)c12. The van der Waals surface area contributed by atoms with Crippen LogP contribution in [0.5, 0.6) is 0 Å². The van der Waals surface area contributed by atoms with Crippen LogP contribution in [-0.2, 0) is 19.2 Å². The van der Waals surface area contributed by atoms with Gasteiger partial charge in [-0.15, -0.1) is 0 Å². The number of unbranched alkanes of at least 4 members (excludes halogenated alkanes) is 1. The van der Waals surface area contributed by atoms with Crippen molar-refractivity contribution < 1.29 is 23.7 Å². The number of carbonyl (C=O) groups is 4. The van der Waals surface area contributed by atoms with Gasteiger partial charge < -0.3 is 14.6 Å². The van der Waals surface area contributed by atoms with Gasteiger partial charge in [-0.1, -0.05) is 17.3 Å². The predicted molar refractivity (Wildman–Crippen MR) is 105 cm³/mol. The number of anilines is 1. The molecule has 1 aromatic heterocycles. The first-order chi connectivity index (χ1) is 14.1. The number of nitrogens with one attached hydrogen (secondary N) is 2. The highest BCUT2D eigenvalue weighted by Crippen LogP contribution is 2.37. The molecule has 1 aliphatic rings. The number of benzene rings is 2. The second-order valence-corrected chi connectivity index (χ2v) is 7.02. The van der Waals surface area contributed by atoms with Gasteiger partial charge in [0.15, 0.2) is 5.58 Å². The third-order valence-corrected chi connectivity index (χ3v) is 5.09. The topological polar surface area (TPSA) is 118 Å². The van der Waals surface area contributed by atoms with Gasteiger partial charge in [0.25, 0.3) is 0 Å². The minimum atomic E-state index is -0.568. The number of rotatable bonds is 6. The van der Waals surface area contributed by atoms with Gasteiger partial charge >= 0.3 is 0 Å². The zero-order valence-electron chi connectivity index (χ0n) is 15.6. The predicted octanol–water partition coefficient (Wildman–Crippen LogP) is 2.81. The first kappa shape index (κ1) is 18.8. The number of piperidine rings is 1. The lowest BCUT2D eigenvalue weighted by Crippen LogP contribution is -2.39. The summed E-state index contributed by atoms with van der Waals surface area (Å²) in [6.45, 7) is 0. The summed E-state index contributed by atoms with van der Waals surface area (Å²) in [5, 5.41) is 11.6. The van der Waals surface area contributed by atoms with Crippen molar-refractivity contribution in [2.75, 3.05) is 5.32 Å². The van der Waals surface area contributed by atoms with Gasteiger partial charge in [0.2, 0.25) is 17.7 Å². The van der Waals surface area contributed by atoms with Crippen molar-refractivity contribution in [3.05, 3.63) is 36.0 Å². The highest BCUT2D eigenvalue weighted by atomic mass is 16.5. The second-order valence-electron chi connectivity index (χ2n) is 7.02. The maximum absolute atomic E-state index is 12.3. The Kier molecular flexibility index (Phi) is 5.07. The van der Waals surface area contributed by atoms with Gasteiger partial charge in [-0.2, -0.15) is 0 Å². The molecule has 148 valence electrons. The minimum absolute atomic E-state index is 0.171. The summed E-state index contributed by atoms with van der Waals surface area (Å²) in [4.78, 5) is 46.4. The Balaban J connectivity index is 1.73. The summed E-state index contributed by atoms with van der Waals surface area (Å²) < 4.78 is 5.44. The van der Waals surface area contributed by atoms with Crippen LogP contribution in [0.15, 0.2) is 34.9 Å². The molecule has 0 saturated carbocycles. The summed E-state index contributed by atoms with van der Waals surface area (Å²) >= 11 is 0. The summed E-state index contributed by atoms with van der Waals surface area (Å²) in [5.41, 5.74) is 1.66. The average Bonchev–Trinajstić information content (AvgIpc) is 3.13. The Morgan fingerprint density at radius 1 is 1.24 bits per heavy atom. The quantitative estimate of drug-likeness (QED) is 0.378. The number of amides is 3. The van der Waals surface area contributed by atoms with E-state index in [9.17, 15) is 19.2 Å². The molecule has 2 N–H and O–H groups in total. The van der Waals surface area contributed by atoms with Crippen LogP contribution in [0.3, 0.4) is 0 Å². The molecule has 0 bridgehead atoms. The highest BCUT2D eigenvalue weighted by Gasteiger charge is 2.32. The molecule has 0 radical (unpaired) electrons. The molecule has 1 unspecified atom stereocenters. The van der Waals surface area contributed by atoms with Crippen molar-refractivity contribution in [2.45, 2.75) is 38.0 Å². The number of nitrogens with zero attached hydrogens (tertiary/aromatic N) is 1. The molecule has 4 rings (SSSR count). The summed E-state index contributed by atoms with van der Waals surface area (Å²) in [5.74, 6) is -1.41. The lowest BCUT2D eigenvalue weighted by atomic mass is 9.91.